The molecule has 0 heterocycles. The molecule has 0 rings (SSSR count). The van der Waals surface area contributed by atoms with Gasteiger partial charge < -0.3 is 10.8 Å². The molecule has 0 radical (unpaired) electrons. The van der Waals surface area contributed by atoms with Gasteiger partial charge in [0.05, 0.1) is 0 Å². The second kappa shape index (κ2) is 28.2. The number of rotatable bonds is 21. The van der Waals surface area contributed by atoms with E-state index in [-0.39, 0.29) is 0 Å². The summed E-state index contributed by atoms with van der Waals surface area (Å²) in [5.74, 6) is 0.209. The Balaban J connectivity index is 0. The molecule has 0 aromatic heterocycles. The SMILES string of the molecule is CC(C)CCCCCCN.CCCCCCCC/C=C\CCCCCCCC(=O)O. The van der Waals surface area contributed by atoms with Crippen LogP contribution >= 0.6 is 0 Å². The number of carboxylic acids is 1. The summed E-state index contributed by atoms with van der Waals surface area (Å²) in [6.07, 6.45) is 27.9. The van der Waals surface area contributed by atoms with Crippen molar-refractivity contribution in [3.63, 3.8) is 0 Å². The molecule has 0 unspecified atom stereocenters. The average Bonchev–Trinajstić information content (AvgIpc) is 2.71. The van der Waals surface area contributed by atoms with Gasteiger partial charge in [0.15, 0.2) is 0 Å². The van der Waals surface area contributed by atoms with Crippen LogP contribution in [-0.2, 0) is 4.79 Å². The smallest absolute Gasteiger partial charge is 0.303 e. The maximum Gasteiger partial charge on any atom is 0.303 e. The molecule has 0 aliphatic carbocycles. The van der Waals surface area contributed by atoms with Gasteiger partial charge >= 0.3 is 5.97 Å². The molecule has 3 N–H and O–H groups in total. The van der Waals surface area contributed by atoms with Crippen molar-refractivity contribution in [1.29, 1.82) is 0 Å². The third-order valence-corrected chi connectivity index (χ3v) is 5.39. The summed E-state index contributed by atoms with van der Waals surface area (Å²) >= 11 is 0. The zero-order valence-electron chi connectivity index (χ0n) is 20.8. The average molecular weight is 426 g/mol. The maximum absolute atomic E-state index is 10.3. The second-order valence-corrected chi connectivity index (χ2v) is 9.11. The van der Waals surface area contributed by atoms with Crippen molar-refractivity contribution in [3.8, 4) is 0 Å². The van der Waals surface area contributed by atoms with E-state index < -0.39 is 5.97 Å². The second-order valence-electron chi connectivity index (χ2n) is 9.11. The van der Waals surface area contributed by atoms with Crippen molar-refractivity contribution >= 4 is 5.97 Å². The van der Waals surface area contributed by atoms with Gasteiger partial charge in [-0.25, -0.2) is 0 Å². The molecule has 0 spiro atoms. The number of carboxylic acid groups (broad SMARTS) is 1. The van der Waals surface area contributed by atoms with Crippen molar-refractivity contribution in [2.24, 2.45) is 11.7 Å². The molecule has 0 aliphatic heterocycles. The van der Waals surface area contributed by atoms with Crippen molar-refractivity contribution in [3.05, 3.63) is 12.2 Å². The van der Waals surface area contributed by atoms with E-state index in [2.05, 4.69) is 32.9 Å². The molecule has 0 aromatic carbocycles. The van der Waals surface area contributed by atoms with Gasteiger partial charge in [-0.1, -0.05) is 110 Å². The summed E-state index contributed by atoms with van der Waals surface area (Å²) in [4.78, 5) is 10.3. The Bertz CT molecular complexity index is 353. The third kappa shape index (κ3) is 34.7. The Morgan fingerprint density at radius 1 is 0.733 bits per heavy atom. The summed E-state index contributed by atoms with van der Waals surface area (Å²) in [7, 11) is 0. The number of unbranched alkanes of at least 4 members (excludes halogenated alkanes) is 14. The Kier molecular flexibility index (Phi) is 29.4. The Morgan fingerprint density at radius 3 is 1.70 bits per heavy atom. The summed E-state index contributed by atoms with van der Waals surface area (Å²) in [6.45, 7) is 7.68. The molecule has 0 amide bonds. The third-order valence-electron chi connectivity index (χ3n) is 5.39. The zero-order valence-corrected chi connectivity index (χ0v) is 20.8. The number of hydrogen-bond donors (Lipinski definition) is 2. The van der Waals surface area contributed by atoms with Crippen LogP contribution < -0.4 is 5.73 Å². The fraction of sp³-hybridized carbons (Fsp3) is 0.889. The quantitative estimate of drug-likeness (QED) is 0.143. The number of carbonyl (C=O) groups is 1. The predicted octanol–water partition coefficient (Wildman–Crippen LogP) is 8.66. The van der Waals surface area contributed by atoms with Crippen LogP contribution in [0.1, 0.15) is 143 Å². The minimum absolute atomic E-state index is 0.332. The fourth-order valence-electron chi connectivity index (χ4n) is 3.40. The highest BCUT2D eigenvalue weighted by molar-refractivity contribution is 5.66. The van der Waals surface area contributed by atoms with E-state index in [1.807, 2.05) is 0 Å². The van der Waals surface area contributed by atoms with E-state index in [1.54, 1.807) is 0 Å². The molecule has 3 heteroatoms. The highest BCUT2D eigenvalue weighted by atomic mass is 16.4. The lowest BCUT2D eigenvalue weighted by Crippen LogP contribution is -1.97. The van der Waals surface area contributed by atoms with Crippen LogP contribution in [0.25, 0.3) is 0 Å². The predicted molar refractivity (Wildman–Crippen MR) is 134 cm³/mol. The molecule has 0 bridgehead atoms. The standard InChI is InChI=1S/C18H34O2.C9H21N/c1-2-3-4-5-6-7-8-9-10-11-12-13-14-15-16-17-18(19)20;1-9(2)7-5-3-4-6-8-10/h9-10H,2-8,11-17H2,1H3,(H,19,20);9H,3-8,10H2,1-2H3/b10-9-;. The first-order valence-corrected chi connectivity index (χ1v) is 13.1. The van der Waals surface area contributed by atoms with Crippen LogP contribution in [-0.4, -0.2) is 17.6 Å². The van der Waals surface area contributed by atoms with Crippen LogP contribution in [0.2, 0.25) is 0 Å². The largest absolute Gasteiger partial charge is 0.481 e. The van der Waals surface area contributed by atoms with Gasteiger partial charge in [-0.15, -0.1) is 0 Å². The van der Waals surface area contributed by atoms with Gasteiger partial charge in [-0.05, 0) is 51.0 Å². The molecule has 3 nitrogen and oxygen atoms in total. The summed E-state index contributed by atoms with van der Waals surface area (Å²) in [6, 6.07) is 0. The highest BCUT2D eigenvalue weighted by Crippen LogP contribution is 2.10. The van der Waals surface area contributed by atoms with Crippen LogP contribution in [0, 0.1) is 5.92 Å². The van der Waals surface area contributed by atoms with Crippen molar-refractivity contribution in [2.75, 3.05) is 6.54 Å². The lowest BCUT2D eigenvalue weighted by molar-refractivity contribution is -0.137. The molecule has 0 atom stereocenters. The maximum atomic E-state index is 10.3. The molecule has 0 fully saturated rings. The van der Waals surface area contributed by atoms with E-state index in [1.165, 1.54) is 103 Å². The van der Waals surface area contributed by atoms with E-state index in [0.29, 0.717) is 6.42 Å². The lowest BCUT2D eigenvalue weighted by atomic mass is 10.0. The van der Waals surface area contributed by atoms with Gasteiger partial charge in [-0.3, -0.25) is 4.79 Å². The van der Waals surface area contributed by atoms with Gasteiger partial charge in [0.25, 0.3) is 0 Å². The van der Waals surface area contributed by atoms with Crippen molar-refractivity contribution in [2.45, 2.75) is 143 Å². The first-order chi connectivity index (χ1) is 14.5. The summed E-state index contributed by atoms with van der Waals surface area (Å²) in [5, 5.41) is 8.51. The van der Waals surface area contributed by atoms with E-state index in [9.17, 15) is 4.79 Å². The topological polar surface area (TPSA) is 63.3 Å². The molecule has 180 valence electrons. The molecule has 0 aliphatic rings. The number of hydrogen-bond acceptors (Lipinski definition) is 2. The molecule has 0 saturated carbocycles. The van der Waals surface area contributed by atoms with Gasteiger partial charge in [0.1, 0.15) is 0 Å². The molecular formula is C27H55NO2. The van der Waals surface area contributed by atoms with Gasteiger partial charge in [0, 0.05) is 6.42 Å². The van der Waals surface area contributed by atoms with E-state index in [4.69, 9.17) is 10.8 Å². The first kappa shape index (κ1) is 31.4. The van der Waals surface area contributed by atoms with Crippen LogP contribution in [0.15, 0.2) is 12.2 Å². The van der Waals surface area contributed by atoms with Crippen molar-refractivity contribution in [1.82, 2.24) is 0 Å². The minimum Gasteiger partial charge on any atom is -0.481 e. The van der Waals surface area contributed by atoms with E-state index in [0.717, 1.165) is 25.3 Å². The number of aliphatic carboxylic acids is 1. The lowest BCUT2D eigenvalue weighted by Gasteiger charge is -2.02. The van der Waals surface area contributed by atoms with E-state index >= 15 is 0 Å². The van der Waals surface area contributed by atoms with Crippen LogP contribution in [0.3, 0.4) is 0 Å². The number of nitrogens with two attached hydrogens (primary N) is 1. The fourth-order valence-corrected chi connectivity index (χ4v) is 3.40. The normalized spacial score (nSPS) is 11.1. The van der Waals surface area contributed by atoms with Crippen molar-refractivity contribution < 1.29 is 9.90 Å². The Morgan fingerprint density at radius 2 is 1.20 bits per heavy atom. The van der Waals surface area contributed by atoms with Crippen LogP contribution in [0.4, 0.5) is 0 Å². The molecule has 0 saturated heterocycles. The molecular weight excluding hydrogens is 370 g/mol. The Labute approximate surface area is 189 Å². The first-order valence-electron chi connectivity index (χ1n) is 13.1. The van der Waals surface area contributed by atoms with Gasteiger partial charge in [-0.2, -0.15) is 0 Å². The minimum atomic E-state index is -0.664. The number of allylic oxidation sites excluding steroid dienone is 2. The van der Waals surface area contributed by atoms with Crippen LogP contribution in [0.5, 0.6) is 0 Å². The Hall–Kier alpha value is -0.830. The summed E-state index contributed by atoms with van der Waals surface area (Å²) < 4.78 is 0. The summed E-state index contributed by atoms with van der Waals surface area (Å²) in [5.41, 5.74) is 5.37. The molecule has 30 heavy (non-hydrogen) atoms. The highest BCUT2D eigenvalue weighted by Gasteiger charge is 1.96. The monoisotopic (exact) mass is 425 g/mol. The zero-order chi connectivity index (χ0) is 22.7. The molecule has 0 aromatic rings. The van der Waals surface area contributed by atoms with Gasteiger partial charge in [0.2, 0.25) is 0 Å².